The van der Waals surface area contributed by atoms with E-state index in [0.717, 1.165) is 12.3 Å². The summed E-state index contributed by atoms with van der Waals surface area (Å²) in [6.45, 7) is 2.31. The van der Waals surface area contributed by atoms with Gasteiger partial charge in [0.05, 0.1) is 6.20 Å². The Bertz CT molecular complexity index is 345. The number of aryl methyl sites for hydroxylation is 2. The molecule has 0 aliphatic heterocycles. The number of nitrogens with zero attached hydrogens (tertiary/aromatic N) is 2. The van der Waals surface area contributed by atoms with Crippen LogP contribution in [0.5, 0.6) is 0 Å². The van der Waals surface area contributed by atoms with Gasteiger partial charge in [-0.25, -0.2) is 0 Å². The molecular weight excluding hydrogens is 210 g/mol. The van der Waals surface area contributed by atoms with Crippen LogP contribution in [0.15, 0.2) is 12.4 Å². The molecule has 0 amide bonds. The Morgan fingerprint density at radius 1 is 1.47 bits per heavy atom. The SMILES string of the molecule is CCC1CCC(N)C(CCc2cnn(C)c2)C1. The molecule has 1 aliphatic carbocycles. The molecule has 0 saturated heterocycles. The van der Waals surface area contributed by atoms with Crippen molar-refractivity contribution < 1.29 is 0 Å². The summed E-state index contributed by atoms with van der Waals surface area (Å²) < 4.78 is 1.88. The lowest BCUT2D eigenvalue weighted by Crippen LogP contribution is -2.36. The lowest BCUT2D eigenvalue weighted by atomic mass is 9.75. The van der Waals surface area contributed by atoms with E-state index in [2.05, 4.69) is 18.2 Å². The van der Waals surface area contributed by atoms with E-state index in [1.54, 1.807) is 0 Å². The van der Waals surface area contributed by atoms with Crippen molar-refractivity contribution in [1.82, 2.24) is 9.78 Å². The average Bonchev–Trinajstić information content (AvgIpc) is 2.74. The highest BCUT2D eigenvalue weighted by Gasteiger charge is 2.26. The second kappa shape index (κ2) is 5.67. The zero-order chi connectivity index (χ0) is 12.3. The van der Waals surface area contributed by atoms with Crippen LogP contribution in [0.2, 0.25) is 0 Å². The van der Waals surface area contributed by atoms with Gasteiger partial charge in [0.1, 0.15) is 0 Å². The van der Waals surface area contributed by atoms with E-state index in [-0.39, 0.29) is 0 Å². The highest BCUT2D eigenvalue weighted by molar-refractivity contribution is 5.04. The highest BCUT2D eigenvalue weighted by atomic mass is 15.2. The smallest absolute Gasteiger partial charge is 0.0521 e. The molecule has 0 bridgehead atoms. The Hall–Kier alpha value is -0.830. The Morgan fingerprint density at radius 2 is 2.29 bits per heavy atom. The maximum Gasteiger partial charge on any atom is 0.0521 e. The molecule has 1 aliphatic rings. The molecule has 3 unspecified atom stereocenters. The maximum absolute atomic E-state index is 6.24. The monoisotopic (exact) mass is 235 g/mol. The van der Waals surface area contributed by atoms with E-state index >= 15 is 0 Å². The molecule has 2 rings (SSSR count). The van der Waals surface area contributed by atoms with Crippen molar-refractivity contribution >= 4 is 0 Å². The molecule has 96 valence electrons. The molecule has 1 saturated carbocycles. The topological polar surface area (TPSA) is 43.8 Å². The standard InChI is InChI=1S/C14H25N3/c1-3-11-5-7-14(15)13(8-11)6-4-12-9-16-17(2)10-12/h9-11,13-14H,3-8,15H2,1-2H3. The summed E-state index contributed by atoms with van der Waals surface area (Å²) in [5, 5.41) is 4.22. The molecule has 17 heavy (non-hydrogen) atoms. The first-order valence-electron chi connectivity index (χ1n) is 6.92. The lowest BCUT2D eigenvalue weighted by molar-refractivity contribution is 0.218. The van der Waals surface area contributed by atoms with Crippen LogP contribution in [0.4, 0.5) is 0 Å². The minimum absolute atomic E-state index is 0.425. The quantitative estimate of drug-likeness (QED) is 0.871. The Labute approximate surface area is 104 Å². The number of hydrogen-bond acceptors (Lipinski definition) is 2. The van der Waals surface area contributed by atoms with Gasteiger partial charge in [0.2, 0.25) is 0 Å². The summed E-state index contributed by atoms with van der Waals surface area (Å²) in [5.74, 6) is 1.63. The average molecular weight is 235 g/mol. The minimum atomic E-state index is 0.425. The van der Waals surface area contributed by atoms with E-state index in [1.165, 1.54) is 37.7 Å². The third-order valence-corrected chi connectivity index (χ3v) is 4.29. The highest BCUT2D eigenvalue weighted by Crippen LogP contribution is 2.32. The first kappa shape index (κ1) is 12.6. The van der Waals surface area contributed by atoms with Gasteiger partial charge in [-0.05, 0) is 49.5 Å². The van der Waals surface area contributed by atoms with E-state index in [1.807, 2.05) is 17.9 Å². The van der Waals surface area contributed by atoms with Gasteiger partial charge in [0, 0.05) is 19.3 Å². The van der Waals surface area contributed by atoms with Crippen molar-refractivity contribution in [3.05, 3.63) is 18.0 Å². The van der Waals surface area contributed by atoms with Crippen molar-refractivity contribution in [2.45, 2.75) is 51.5 Å². The van der Waals surface area contributed by atoms with Crippen LogP contribution in [0.25, 0.3) is 0 Å². The Balaban J connectivity index is 1.84. The third-order valence-electron chi connectivity index (χ3n) is 4.29. The number of aromatic nitrogens is 2. The van der Waals surface area contributed by atoms with Gasteiger partial charge < -0.3 is 5.73 Å². The first-order chi connectivity index (χ1) is 8.19. The van der Waals surface area contributed by atoms with Gasteiger partial charge >= 0.3 is 0 Å². The van der Waals surface area contributed by atoms with Crippen LogP contribution in [0.1, 0.15) is 44.6 Å². The van der Waals surface area contributed by atoms with Crippen molar-refractivity contribution in [1.29, 1.82) is 0 Å². The summed E-state index contributed by atoms with van der Waals surface area (Å²) in [5.41, 5.74) is 7.59. The van der Waals surface area contributed by atoms with Crippen LogP contribution >= 0.6 is 0 Å². The van der Waals surface area contributed by atoms with E-state index in [0.29, 0.717) is 12.0 Å². The zero-order valence-corrected chi connectivity index (χ0v) is 11.1. The van der Waals surface area contributed by atoms with Gasteiger partial charge in [-0.15, -0.1) is 0 Å². The van der Waals surface area contributed by atoms with E-state index < -0.39 is 0 Å². The summed E-state index contributed by atoms with van der Waals surface area (Å²) >= 11 is 0. The van der Waals surface area contributed by atoms with Gasteiger partial charge in [-0.3, -0.25) is 4.68 Å². The largest absolute Gasteiger partial charge is 0.327 e. The van der Waals surface area contributed by atoms with Crippen LogP contribution in [-0.4, -0.2) is 15.8 Å². The van der Waals surface area contributed by atoms with Crippen molar-refractivity contribution in [3.8, 4) is 0 Å². The molecular formula is C14H25N3. The summed E-state index contributed by atoms with van der Waals surface area (Å²) in [6.07, 6.45) is 11.6. The first-order valence-corrected chi connectivity index (χ1v) is 6.92. The number of hydrogen-bond donors (Lipinski definition) is 1. The molecule has 0 spiro atoms. The van der Waals surface area contributed by atoms with Gasteiger partial charge in [-0.2, -0.15) is 5.10 Å². The second-order valence-electron chi connectivity index (χ2n) is 5.57. The summed E-state index contributed by atoms with van der Waals surface area (Å²) in [7, 11) is 1.98. The number of nitrogens with two attached hydrogens (primary N) is 1. The molecule has 3 nitrogen and oxygen atoms in total. The van der Waals surface area contributed by atoms with Crippen molar-refractivity contribution in [3.63, 3.8) is 0 Å². The lowest BCUT2D eigenvalue weighted by Gasteiger charge is -2.33. The Morgan fingerprint density at radius 3 is 2.94 bits per heavy atom. The fraction of sp³-hybridized carbons (Fsp3) is 0.786. The normalized spacial score (nSPS) is 29.5. The molecule has 3 atom stereocenters. The van der Waals surface area contributed by atoms with Crippen molar-refractivity contribution in [2.24, 2.45) is 24.6 Å². The van der Waals surface area contributed by atoms with Gasteiger partial charge in [-0.1, -0.05) is 13.3 Å². The molecule has 0 radical (unpaired) electrons. The van der Waals surface area contributed by atoms with Crippen LogP contribution in [0, 0.1) is 11.8 Å². The van der Waals surface area contributed by atoms with E-state index in [9.17, 15) is 0 Å². The van der Waals surface area contributed by atoms with Gasteiger partial charge in [0.15, 0.2) is 0 Å². The third kappa shape index (κ3) is 3.32. The van der Waals surface area contributed by atoms with Gasteiger partial charge in [0.25, 0.3) is 0 Å². The fourth-order valence-corrected chi connectivity index (χ4v) is 3.04. The molecule has 1 fully saturated rings. The van der Waals surface area contributed by atoms with E-state index in [4.69, 9.17) is 5.73 Å². The molecule has 2 N–H and O–H groups in total. The predicted octanol–water partition coefficient (Wildman–Crippen LogP) is 2.51. The van der Waals surface area contributed by atoms with Crippen LogP contribution < -0.4 is 5.73 Å². The van der Waals surface area contributed by atoms with Crippen LogP contribution in [0.3, 0.4) is 0 Å². The molecule has 1 aromatic heterocycles. The zero-order valence-electron chi connectivity index (χ0n) is 11.1. The fourth-order valence-electron chi connectivity index (χ4n) is 3.04. The minimum Gasteiger partial charge on any atom is -0.327 e. The van der Waals surface area contributed by atoms with Crippen molar-refractivity contribution in [2.75, 3.05) is 0 Å². The number of rotatable bonds is 4. The summed E-state index contributed by atoms with van der Waals surface area (Å²) in [4.78, 5) is 0. The maximum atomic E-state index is 6.24. The summed E-state index contributed by atoms with van der Waals surface area (Å²) in [6, 6.07) is 0.425. The molecule has 0 aromatic carbocycles. The molecule has 1 aromatic rings. The molecule has 3 heteroatoms. The predicted molar refractivity (Wildman–Crippen MR) is 70.6 cm³/mol. The van der Waals surface area contributed by atoms with Crippen LogP contribution in [-0.2, 0) is 13.5 Å². The Kier molecular flexibility index (Phi) is 4.21. The molecule has 1 heterocycles. The second-order valence-corrected chi connectivity index (χ2v) is 5.57.